The Hall–Kier alpha value is -3.24. The fourth-order valence-electron chi connectivity index (χ4n) is 3.41. The van der Waals surface area contributed by atoms with E-state index in [4.69, 9.17) is 4.74 Å². The fraction of sp³-hybridized carbons (Fsp3) is 0.304. The Morgan fingerprint density at radius 2 is 1.85 bits per heavy atom. The number of pyridine rings is 1. The van der Waals surface area contributed by atoms with E-state index in [1.165, 1.54) is 34.6 Å². The van der Waals surface area contributed by atoms with Gasteiger partial charge in [0.2, 0.25) is 15.6 Å². The largest absolute Gasteiger partial charge is 0.488 e. The molecule has 2 aromatic carbocycles. The summed E-state index contributed by atoms with van der Waals surface area (Å²) < 4.78 is 46.3. The molecule has 176 valence electrons. The second kappa shape index (κ2) is 10.1. The van der Waals surface area contributed by atoms with Gasteiger partial charge in [-0.3, -0.25) is 9.59 Å². The molecule has 8 nitrogen and oxygen atoms in total. The summed E-state index contributed by atoms with van der Waals surface area (Å²) >= 11 is 0. The molecular formula is C23H26FN3O5S. The highest BCUT2D eigenvalue weighted by Crippen LogP contribution is 2.23. The molecule has 0 bridgehead atoms. The first-order valence-electron chi connectivity index (χ1n) is 10.5. The minimum atomic E-state index is -3.76. The van der Waals surface area contributed by atoms with Crippen molar-refractivity contribution >= 4 is 26.8 Å². The lowest BCUT2D eigenvalue weighted by atomic mass is 10.1. The van der Waals surface area contributed by atoms with Crippen LogP contribution in [0.3, 0.4) is 0 Å². The number of carbonyl (C=O) groups excluding carboxylic acids is 1. The van der Waals surface area contributed by atoms with Crippen LogP contribution in [0.2, 0.25) is 0 Å². The van der Waals surface area contributed by atoms with E-state index < -0.39 is 33.3 Å². The molecule has 1 heterocycles. The molecule has 3 rings (SSSR count). The number of nitrogens with one attached hydrogen (secondary N) is 2. The van der Waals surface area contributed by atoms with Gasteiger partial charge in [0.05, 0.1) is 16.5 Å². The average Bonchev–Trinajstić information content (AvgIpc) is 2.78. The number of rotatable bonds is 9. The molecule has 0 aliphatic heterocycles. The number of benzene rings is 2. The Bertz CT molecular complexity index is 1320. The van der Waals surface area contributed by atoms with Gasteiger partial charge in [-0.05, 0) is 37.3 Å². The summed E-state index contributed by atoms with van der Waals surface area (Å²) in [6.45, 7) is 5.75. The monoisotopic (exact) mass is 475 g/mol. The number of aromatic amines is 1. The van der Waals surface area contributed by atoms with Crippen LogP contribution < -0.4 is 15.6 Å². The molecule has 1 amide bonds. The van der Waals surface area contributed by atoms with Gasteiger partial charge in [-0.2, -0.15) is 4.31 Å². The first kappa shape index (κ1) is 24.4. The fourth-order valence-corrected chi connectivity index (χ4v) is 4.90. The van der Waals surface area contributed by atoms with Gasteiger partial charge in [0.15, 0.2) is 11.6 Å². The smallest absolute Gasteiger partial charge is 0.252 e. The number of nitrogens with zero attached hydrogens (tertiary/aromatic N) is 1. The average molecular weight is 476 g/mol. The molecule has 0 aliphatic carbocycles. The number of amides is 1. The topological polar surface area (TPSA) is 109 Å². The van der Waals surface area contributed by atoms with E-state index in [9.17, 15) is 22.4 Å². The third kappa shape index (κ3) is 5.40. The molecule has 10 heteroatoms. The number of H-pyrrole nitrogens is 1. The van der Waals surface area contributed by atoms with E-state index in [0.717, 1.165) is 6.07 Å². The van der Waals surface area contributed by atoms with Gasteiger partial charge >= 0.3 is 0 Å². The molecule has 0 aliphatic rings. The van der Waals surface area contributed by atoms with Gasteiger partial charge in [0.25, 0.3) is 5.91 Å². The summed E-state index contributed by atoms with van der Waals surface area (Å²) in [5.74, 6) is -1.03. The molecule has 33 heavy (non-hydrogen) atoms. The van der Waals surface area contributed by atoms with E-state index in [0.29, 0.717) is 24.0 Å². The lowest BCUT2D eigenvalue weighted by molar-refractivity contribution is 0.0927. The van der Waals surface area contributed by atoms with E-state index in [1.54, 1.807) is 32.9 Å². The first-order valence-corrected chi connectivity index (χ1v) is 12.0. The second-order valence-corrected chi connectivity index (χ2v) is 9.40. The van der Waals surface area contributed by atoms with E-state index in [2.05, 4.69) is 10.3 Å². The van der Waals surface area contributed by atoms with Crippen LogP contribution in [0.5, 0.6) is 5.75 Å². The molecule has 0 saturated heterocycles. The van der Waals surface area contributed by atoms with E-state index in [-0.39, 0.29) is 22.8 Å². The Kier molecular flexibility index (Phi) is 7.50. The van der Waals surface area contributed by atoms with Crippen molar-refractivity contribution in [3.05, 3.63) is 70.3 Å². The van der Waals surface area contributed by atoms with Crippen molar-refractivity contribution < 1.29 is 22.3 Å². The Labute approximate surface area is 191 Å². The molecule has 2 N–H and O–H groups in total. The van der Waals surface area contributed by atoms with Crippen LogP contribution in [-0.2, 0) is 10.0 Å². The van der Waals surface area contributed by atoms with Gasteiger partial charge in [-0.25, -0.2) is 12.8 Å². The number of halogens is 1. The molecule has 1 atom stereocenters. The highest BCUT2D eigenvalue weighted by atomic mass is 32.2. The summed E-state index contributed by atoms with van der Waals surface area (Å²) in [7, 11) is -3.76. The standard InChI is InChI=1S/C23H26FN3O5S/c1-4-27(5-2)33(30,31)16-10-11-20-17(12-16)18(13-22(28)26-20)23(29)25-15(3)14-32-21-9-7-6-8-19(21)24/h6-13,15H,4-5,14H2,1-3H3,(H,25,29)(H,26,28). The molecule has 1 unspecified atom stereocenters. The second-order valence-electron chi connectivity index (χ2n) is 7.46. The van der Waals surface area contributed by atoms with Crippen molar-refractivity contribution in [2.24, 2.45) is 0 Å². The number of carbonyl (C=O) groups is 1. The Morgan fingerprint density at radius 3 is 2.52 bits per heavy atom. The lowest BCUT2D eigenvalue weighted by Gasteiger charge is -2.19. The zero-order valence-electron chi connectivity index (χ0n) is 18.6. The number of sulfonamides is 1. The highest BCUT2D eigenvalue weighted by Gasteiger charge is 2.23. The maximum Gasteiger partial charge on any atom is 0.252 e. The van der Waals surface area contributed by atoms with Crippen molar-refractivity contribution in [1.82, 2.24) is 14.6 Å². The number of aromatic nitrogens is 1. The van der Waals surface area contributed by atoms with Gasteiger partial charge in [0.1, 0.15) is 6.61 Å². The Balaban J connectivity index is 1.89. The molecule has 0 fully saturated rings. The van der Waals surface area contributed by atoms with E-state index >= 15 is 0 Å². The van der Waals surface area contributed by atoms with Crippen LogP contribution in [0.1, 0.15) is 31.1 Å². The predicted molar refractivity (Wildman–Crippen MR) is 123 cm³/mol. The highest BCUT2D eigenvalue weighted by molar-refractivity contribution is 7.89. The minimum absolute atomic E-state index is 0.00458. The Morgan fingerprint density at radius 1 is 1.15 bits per heavy atom. The molecule has 3 aromatic rings. The SMILES string of the molecule is CCN(CC)S(=O)(=O)c1ccc2[nH]c(=O)cc(C(=O)NC(C)COc3ccccc3F)c2c1. The first-order chi connectivity index (χ1) is 15.7. The summed E-state index contributed by atoms with van der Waals surface area (Å²) in [5, 5.41) is 3.00. The number of hydrogen-bond donors (Lipinski definition) is 2. The van der Waals surface area contributed by atoms with Crippen LogP contribution >= 0.6 is 0 Å². The van der Waals surface area contributed by atoms with Crippen molar-refractivity contribution in [3.63, 3.8) is 0 Å². The zero-order chi connectivity index (χ0) is 24.2. The third-order valence-corrected chi connectivity index (χ3v) is 7.15. The minimum Gasteiger partial charge on any atom is -0.488 e. The zero-order valence-corrected chi connectivity index (χ0v) is 19.4. The van der Waals surface area contributed by atoms with Crippen molar-refractivity contribution in [2.45, 2.75) is 31.7 Å². The molecule has 0 saturated carbocycles. The van der Waals surface area contributed by atoms with Crippen LogP contribution in [-0.4, -0.2) is 49.4 Å². The molecule has 0 radical (unpaired) electrons. The van der Waals surface area contributed by atoms with Crippen molar-refractivity contribution in [2.75, 3.05) is 19.7 Å². The van der Waals surface area contributed by atoms with Crippen molar-refractivity contribution in [1.29, 1.82) is 0 Å². The van der Waals surface area contributed by atoms with Crippen LogP contribution in [0.25, 0.3) is 10.9 Å². The van der Waals surface area contributed by atoms with Gasteiger partial charge < -0.3 is 15.0 Å². The normalized spacial score (nSPS) is 12.6. The number of hydrogen-bond acceptors (Lipinski definition) is 5. The molecule has 0 spiro atoms. The lowest BCUT2D eigenvalue weighted by Crippen LogP contribution is -2.37. The molecular weight excluding hydrogens is 449 g/mol. The molecule has 1 aromatic heterocycles. The number of para-hydroxylation sites is 1. The van der Waals surface area contributed by atoms with Crippen LogP contribution in [0, 0.1) is 5.82 Å². The summed E-state index contributed by atoms with van der Waals surface area (Å²) in [6.07, 6.45) is 0. The van der Waals surface area contributed by atoms with Gasteiger partial charge in [-0.15, -0.1) is 0 Å². The summed E-state index contributed by atoms with van der Waals surface area (Å²) in [4.78, 5) is 27.7. The third-order valence-electron chi connectivity index (χ3n) is 5.11. The number of ether oxygens (including phenoxy) is 1. The van der Waals surface area contributed by atoms with Crippen LogP contribution in [0.4, 0.5) is 4.39 Å². The predicted octanol–water partition coefficient (Wildman–Crippen LogP) is 2.90. The van der Waals surface area contributed by atoms with Gasteiger partial charge in [0, 0.05) is 30.1 Å². The summed E-state index contributed by atoms with van der Waals surface area (Å²) in [5.41, 5.74) is -0.133. The van der Waals surface area contributed by atoms with E-state index in [1.807, 2.05) is 0 Å². The maximum atomic E-state index is 13.7. The summed E-state index contributed by atoms with van der Waals surface area (Å²) in [6, 6.07) is 10.8. The maximum absolute atomic E-state index is 13.7. The van der Waals surface area contributed by atoms with Crippen molar-refractivity contribution in [3.8, 4) is 5.75 Å². The van der Waals surface area contributed by atoms with Crippen LogP contribution in [0.15, 0.2) is 58.2 Å². The number of fused-ring (bicyclic) bond motifs is 1. The van der Waals surface area contributed by atoms with Gasteiger partial charge in [-0.1, -0.05) is 26.0 Å². The quantitative estimate of drug-likeness (QED) is 0.495.